The number of benzene rings is 1. The van der Waals surface area contributed by atoms with Gasteiger partial charge in [-0.3, -0.25) is 0 Å². The SMILES string of the molecule is CCCc1c(F)cc(Br)cc1F. The number of rotatable bonds is 2. The number of hydrogen-bond donors (Lipinski definition) is 0. The van der Waals surface area contributed by atoms with Crippen molar-refractivity contribution < 1.29 is 8.78 Å². The van der Waals surface area contributed by atoms with Crippen LogP contribution in [0.4, 0.5) is 8.78 Å². The van der Waals surface area contributed by atoms with Crippen molar-refractivity contribution in [1.29, 1.82) is 0 Å². The first kappa shape index (κ1) is 9.65. The van der Waals surface area contributed by atoms with Gasteiger partial charge in [0.05, 0.1) is 0 Å². The summed E-state index contributed by atoms with van der Waals surface area (Å²) in [5.74, 6) is -0.938. The molecule has 0 spiro atoms. The third kappa shape index (κ3) is 2.03. The summed E-state index contributed by atoms with van der Waals surface area (Å²) in [7, 11) is 0. The van der Waals surface area contributed by atoms with Gasteiger partial charge in [-0.1, -0.05) is 29.3 Å². The minimum atomic E-state index is -0.469. The van der Waals surface area contributed by atoms with Crippen molar-refractivity contribution in [1.82, 2.24) is 0 Å². The van der Waals surface area contributed by atoms with Crippen LogP contribution in [0.1, 0.15) is 18.9 Å². The van der Waals surface area contributed by atoms with Crippen molar-refractivity contribution in [3.8, 4) is 0 Å². The van der Waals surface area contributed by atoms with Crippen molar-refractivity contribution >= 4 is 15.9 Å². The van der Waals surface area contributed by atoms with Crippen LogP contribution in [0.5, 0.6) is 0 Å². The summed E-state index contributed by atoms with van der Waals surface area (Å²) in [6.45, 7) is 1.89. The first-order valence-electron chi connectivity index (χ1n) is 3.78. The molecule has 0 aliphatic carbocycles. The summed E-state index contributed by atoms with van der Waals surface area (Å²) in [5.41, 5.74) is 0.181. The second-order valence-electron chi connectivity index (χ2n) is 2.60. The summed E-state index contributed by atoms with van der Waals surface area (Å²) in [5, 5.41) is 0. The van der Waals surface area contributed by atoms with E-state index in [0.29, 0.717) is 10.9 Å². The largest absolute Gasteiger partial charge is 0.207 e. The Morgan fingerprint density at radius 2 is 1.75 bits per heavy atom. The lowest BCUT2D eigenvalue weighted by Gasteiger charge is -2.03. The Labute approximate surface area is 78.7 Å². The molecule has 1 aromatic carbocycles. The molecule has 0 fully saturated rings. The van der Waals surface area contributed by atoms with Gasteiger partial charge in [0, 0.05) is 10.0 Å². The quantitative estimate of drug-likeness (QED) is 0.733. The van der Waals surface area contributed by atoms with E-state index in [1.165, 1.54) is 12.1 Å². The molecule has 0 nitrogen and oxygen atoms in total. The van der Waals surface area contributed by atoms with E-state index in [1.807, 2.05) is 6.92 Å². The molecule has 66 valence electrons. The van der Waals surface area contributed by atoms with E-state index in [0.717, 1.165) is 6.42 Å². The van der Waals surface area contributed by atoms with Gasteiger partial charge in [-0.05, 0) is 18.6 Å². The second-order valence-corrected chi connectivity index (χ2v) is 3.51. The van der Waals surface area contributed by atoms with Gasteiger partial charge in [-0.25, -0.2) is 8.78 Å². The molecule has 0 bridgehead atoms. The average molecular weight is 235 g/mol. The fraction of sp³-hybridized carbons (Fsp3) is 0.333. The molecule has 1 aromatic rings. The van der Waals surface area contributed by atoms with Crippen LogP contribution >= 0.6 is 15.9 Å². The molecule has 1 rings (SSSR count). The van der Waals surface area contributed by atoms with Crippen LogP contribution in [-0.4, -0.2) is 0 Å². The standard InChI is InChI=1S/C9H9BrF2/c1-2-3-7-8(11)4-6(10)5-9(7)12/h4-5H,2-3H2,1H3. The van der Waals surface area contributed by atoms with E-state index in [-0.39, 0.29) is 5.56 Å². The molecule has 0 unspecified atom stereocenters. The molecule has 0 heterocycles. The van der Waals surface area contributed by atoms with Crippen LogP contribution in [0.3, 0.4) is 0 Å². The molecule has 0 aromatic heterocycles. The van der Waals surface area contributed by atoms with E-state index < -0.39 is 11.6 Å². The van der Waals surface area contributed by atoms with Gasteiger partial charge < -0.3 is 0 Å². The fourth-order valence-electron chi connectivity index (χ4n) is 1.06. The van der Waals surface area contributed by atoms with Crippen LogP contribution in [0, 0.1) is 11.6 Å². The molecule has 0 N–H and O–H groups in total. The third-order valence-corrected chi connectivity index (χ3v) is 2.06. The van der Waals surface area contributed by atoms with Crippen LogP contribution < -0.4 is 0 Å². The van der Waals surface area contributed by atoms with Crippen molar-refractivity contribution in [2.45, 2.75) is 19.8 Å². The molecule has 0 saturated carbocycles. The second kappa shape index (κ2) is 3.99. The highest BCUT2D eigenvalue weighted by molar-refractivity contribution is 9.10. The van der Waals surface area contributed by atoms with Gasteiger partial charge in [0.15, 0.2) is 0 Å². The Kier molecular flexibility index (Phi) is 3.20. The molecule has 0 saturated heterocycles. The van der Waals surface area contributed by atoms with Gasteiger partial charge in [0.1, 0.15) is 11.6 Å². The van der Waals surface area contributed by atoms with Gasteiger partial charge in [-0.2, -0.15) is 0 Å². The lowest BCUT2D eigenvalue weighted by Crippen LogP contribution is -1.94. The van der Waals surface area contributed by atoms with Crippen LogP contribution in [0.15, 0.2) is 16.6 Å². The average Bonchev–Trinajstić information content (AvgIpc) is 1.96. The van der Waals surface area contributed by atoms with Gasteiger partial charge in [0.2, 0.25) is 0 Å². The van der Waals surface area contributed by atoms with Crippen LogP contribution in [-0.2, 0) is 6.42 Å². The Morgan fingerprint density at radius 3 is 2.17 bits per heavy atom. The zero-order valence-corrected chi connectivity index (χ0v) is 8.29. The molecule has 0 radical (unpaired) electrons. The lowest BCUT2D eigenvalue weighted by atomic mass is 10.1. The van der Waals surface area contributed by atoms with Gasteiger partial charge in [0.25, 0.3) is 0 Å². The molecule has 12 heavy (non-hydrogen) atoms. The smallest absolute Gasteiger partial charge is 0.130 e. The zero-order chi connectivity index (χ0) is 9.14. The highest BCUT2D eigenvalue weighted by Crippen LogP contribution is 2.20. The van der Waals surface area contributed by atoms with Crippen LogP contribution in [0.2, 0.25) is 0 Å². The van der Waals surface area contributed by atoms with E-state index >= 15 is 0 Å². The Morgan fingerprint density at radius 1 is 1.25 bits per heavy atom. The van der Waals surface area contributed by atoms with E-state index in [1.54, 1.807) is 0 Å². The van der Waals surface area contributed by atoms with E-state index in [2.05, 4.69) is 15.9 Å². The molecule has 0 aliphatic heterocycles. The predicted octanol–water partition coefficient (Wildman–Crippen LogP) is 3.68. The highest BCUT2D eigenvalue weighted by atomic mass is 79.9. The zero-order valence-electron chi connectivity index (χ0n) is 6.70. The summed E-state index contributed by atoms with van der Waals surface area (Å²) in [4.78, 5) is 0. The molecule has 0 aliphatic rings. The minimum absolute atomic E-state index is 0.181. The fourth-order valence-corrected chi connectivity index (χ4v) is 1.46. The van der Waals surface area contributed by atoms with Crippen molar-refractivity contribution in [2.75, 3.05) is 0 Å². The van der Waals surface area contributed by atoms with E-state index in [4.69, 9.17) is 0 Å². The van der Waals surface area contributed by atoms with E-state index in [9.17, 15) is 8.78 Å². The molecule has 0 amide bonds. The maximum atomic E-state index is 13.0. The molecule has 0 atom stereocenters. The summed E-state index contributed by atoms with van der Waals surface area (Å²) < 4.78 is 26.5. The predicted molar refractivity (Wildman–Crippen MR) is 48.1 cm³/mol. The topological polar surface area (TPSA) is 0 Å². The van der Waals surface area contributed by atoms with Crippen molar-refractivity contribution in [3.63, 3.8) is 0 Å². The Bertz CT molecular complexity index is 261. The third-order valence-electron chi connectivity index (χ3n) is 1.61. The minimum Gasteiger partial charge on any atom is -0.207 e. The molecular weight excluding hydrogens is 226 g/mol. The highest BCUT2D eigenvalue weighted by Gasteiger charge is 2.08. The first-order valence-corrected chi connectivity index (χ1v) is 4.58. The maximum Gasteiger partial charge on any atom is 0.130 e. The van der Waals surface area contributed by atoms with Crippen molar-refractivity contribution in [3.05, 3.63) is 33.8 Å². The van der Waals surface area contributed by atoms with Gasteiger partial charge in [-0.15, -0.1) is 0 Å². The molecule has 3 heteroatoms. The number of halogens is 3. The normalized spacial score (nSPS) is 10.3. The summed E-state index contributed by atoms with van der Waals surface area (Å²) in [6, 6.07) is 2.57. The first-order chi connectivity index (χ1) is 5.65. The number of hydrogen-bond acceptors (Lipinski definition) is 0. The van der Waals surface area contributed by atoms with Crippen molar-refractivity contribution in [2.24, 2.45) is 0 Å². The summed E-state index contributed by atoms with van der Waals surface area (Å²) in [6.07, 6.45) is 1.19. The molecular formula is C9H9BrF2. The monoisotopic (exact) mass is 234 g/mol. The summed E-state index contributed by atoms with van der Waals surface area (Å²) >= 11 is 3.02. The van der Waals surface area contributed by atoms with Gasteiger partial charge >= 0.3 is 0 Å². The lowest BCUT2D eigenvalue weighted by molar-refractivity contribution is 0.551. The Balaban J connectivity index is 3.10. The Hall–Kier alpha value is -0.440. The van der Waals surface area contributed by atoms with Crippen LogP contribution in [0.25, 0.3) is 0 Å². The maximum absolute atomic E-state index is 13.0.